The normalized spacial score (nSPS) is 11.9. The first kappa shape index (κ1) is 24.0. The van der Waals surface area contributed by atoms with E-state index in [4.69, 9.17) is 21.6 Å². The number of nitrogens with zero attached hydrogens (tertiary/aromatic N) is 1. The van der Waals surface area contributed by atoms with Crippen molar-refractivity contribution in [2.75, 3.05) is 10.6 Å². The molecule has 0 aliphatic carbocycles. The number of carbonyl (C=O) groups is 1. The number of nitriles is 1. The molecule has 0 fully saturated rings. The van der Waals surface area contributed by atoms with Crippen molar-refractivity contribution in [2.45, 2.75) is 25.7 Å². The zero-order valence-corrected chi connectivity index (χ0v) is 18.2. The van der Waals surface area contributed by atoms with Crippen molar-refractivity contribution >= 4 is 28.9 Å². The van der Waals surface area contributed by atoms with Crippen LogP contribution in [0.3, 0.4) is 0 Å². The number of anilines is 2. The van der Waals surface area contributed by atoms with Crippen LogP contribution < -0.4 is 15.4 Å². The molecule has 33 heavy (non-hydrogen) atoms. The molecule has 170 valence electrons. The number of benzene rings is 3. The fourth-order valence-corrected chi connectivity index (χ4v) is 3.13. The van der Waals surface area contributed by atoms with Crippen LogP contribution in [0, 0.1) is 11.3 Å². The third-order valence-electron chi connectivity index (χ3n) is 4.64. The van der Waals surface area contributed by atoms with Gasteiger partial charge in [-0.05, 0) is 67.1 Å². The van der Waals surface area contributed by atoms with E-state index in [0.29, 0.717) is 17.0 Å². The summed E-state index contributed by atoms with van der Waals surface area (Å²) in [7, 11) is 0. The number of hydrogen-bond donors (Lipinski definition) is 2. The van der Waals surface area contributed by atoms with Gasteiger partial charge in [-0.1, -0.05) is 23.7 Å². The Labute approximate surface area is 193 Å². The molecule has 0 heterocycles. The first-order valence-corrected chi connectivity index (χ1v) is 10.2. The van der Waals surface area contributed by atoms with Gasteiger partial charge < -0.3 is 15.4 Å². The van der Waals surface area contributed by atoms with Gasteiger partial charge in [0.05, 0.1) is 22.9 Å². The largest absolute Gasteiger partial charge is 0.489 e. The lowest BCUT2D eigenvalue weighted by molar-refractivity contribution is -0.137. The second kappa shape index (κ2) is 10.3. The van der Waals surface area contributed by atoms with Crippen molar-refractivity contribution in [2.24, 2.45) is 0 Å². The topological polar surface area (TPSA) is 74.1 Å². The Morgan fingerprint density at radius 3 is 2.52 bits per heavy atom. The molecule has 0 bridgehead atoms. The molecule has 9 heteroatoms. The number of carbonyl (C=O) groups excluding carboxylic acids is 1. The Kier molecular flexibility index (Phi) is 7.46. The molecule has 3 aromatic carbocycles. The molecule has 0 radical (unpaired) electrons. The van der Waals surface area contributed by atoms with Crippen LogP contribution >= 0.6 is 11.6 Å². The summed E-state index contributed by atoms with van der Waals surface area (Å²) < 4.78 is 45.4. The minimum absolute atomic E-state index is 0.0772. The third-order valence-corrected chi connectivity index (χ3v) is 4.87. The molecular formula is C24H19ClF3N3O2. The van der Waals surface area contributed by atoms with Crippen LogP contribution in [-0.2, 0) is 17.6 Å². The average Bonchev–Trinajstić information content (AvgIpc) is 2.79. The molecule has 5 nitrogen and oxygen atoms in total. The van der Waals surface area contributed by atoms with Crippen molar-refractivity contribution in [3.05, 3.63) is 88.4 Å². The summed E-state index contributed by atoms with van der Waals surface area (Å²) in [6.45, 7) is 1.81. The summed E-state index contributed by atoms with van der Waals surface area (Å²) in [6, 6.07) is 18.3. The minimum Gasteiger partial charge on any atom is -0.489 e. The van der Waals surface area contributed by atoms with E-state index >= 15 is 0 Å². The number of hydrogen-bond acceptors (Lipinski definition) is 4. The van der Waals surface area contributed by atoms with E-state index in [1.54, 1.807) is 42.5 Å². The summed E-state index contributed by atoms with van der Waals surface area (Å²) >= 11 is 5.66. The van der Waals surface area contributed by atoms with E-state index in [2.05, 4.69) is 16.7 Å². The van der Waals surface area contributed by atoms with Crippen LogP contribution in [0.15, 0.2) is 66.7 Å². The first-order valence-electron chi connectivity index (χ1n) is 9.82. The van der Waals surface area contributed by atoms with Crippen molar-refractivity contribution in [3.8, 4) is 11.8 Å². The van der Waals surface area contributed by atoms with E-state index in [1.807, 2.05) is 6.07 Å². The molecule has 1 amide bonds. The maximum atomic E-state index is 13.2. The van der Waals surface area contributed by atoms with E-state index in [1.165, 1.54) is 13.0 Å². The van der Waals surface area contributed by atoms with Crippen molar-refractivity contribution < 1.29 is 22.7 Å². The summed E-state index contributed by atoms with van der Waals surface area (Å²) in [4.78, 5) is 12.4. The highest BCUT2D eigenvalue weighted by Gasteiger charge is 2.34. The molecule has 3 rings (SSSR count). The van der Waals surface area contributed by atoms with Crippen molar-refractivity contribution in [1.82, 2.24) is 0 Å². The Bertz CT molecular complexity index is 1170. The van der Waals surface area contributed by atoms with Gasteiger partial charge in [0.2, 0.25) is 5.91 Å². The van der Waals surface area contributed by atoms with Gasteiger partial charge in [-0.3, -0.25) is 4.79 Å². The van der Waals surface area contributed by atoms with Gasteiger partial charge in [0.25, 0.3) is 0 Å². The Hall–Kier alpha value is -3.70. The smallest absolute Gasteiger partial charge is 0.418 e. The highest BCUT2D eigenvalue weighted by Crippen LogP contribution is 2.36. The second-order valence-electron chi connectivity index (χ2n) is 7.17. The van der Waals surface area contributed by atoms with Gasteiger partial charge in [-0.2, -0.15) is 18.4 Å². The van der Waals surface area contributed by atoms with E-state index < -0.39 is 23.7 Å². The van der Waals surface area contributed by atoms with Crippen molar-refractivity contribution in [1.29, 1.82) is 5.26 Å². The number of ether oxygens (including phenoxy) is 1. The maximum absolute atomic E-state index is 13.2. The number of alkyl halides is 3. The van der Waals surface area contributed by atoms with Gasteiger partial charge in [0.1, 0.15) is 18.4 Å². The van der Waals surface area contributed by atoms with Crippen LogP contribution in [0.5, 0.6) is 5.75 Å². The monoisotopic (exact) mass is 473 g/mol. The zero-order chi connectivity index (χ0) is 24.0. The molecule has 0 aliphatic rings. The second-order valence-corrected chi connectivity index (χ2v) is 7.60. The molecule has 1 unspecified atom stereocenters. The summed E-state index contributed by atoms with van der Waals surface area (Å²) in [5.74, 6) is -0.0588. The lowest BCUT2D eigenvalue weighted by Gasteiger charge is -2.18. The number of halogens is 4. The van der Waals surface area contributed by atoms with Crippen LogP contribution in [0.1, 0.15) is 23.6 Å². The molecule has 0 aromatic heterocycles. The number of amides is 1. The van der Waals surface area contributed by atoms with Crippen LogP contribution in [0.2, 0.25) is 5.02 Å². The van der Waals surface area contributed by atoms with Crippen LogP contribution in [0.25, 0.3) is 0 Å². The van der Waals surface area contributed by atoms with Gasteiger partial charge in [-0.25, -0.2) is 0 Å². The Balaban J connectivity index is 1.59. The van der Waals surface area contributed by atoms with Gasteiger partial charge in [-0.15, -0.1) is 0 Å². The molecule has 0 saturated heterocycles. The predicted octanol–water partition coefficient (Wildman–Crippen LogP) is 6.25. The van der Waals surface area contributed by atoms with Gasteiger partial charge in [0, 0.05) is 10.7 Å². The van der Waals surface area contributed by atoms with Crippen LogP contribution in [0.4, 0.5) is 24.5 Å². The lowest BCUT2D eigenvalue weighted by Crippen LogP contribution is -2.32. The Morgan fingerprint density at radius 1 is 1.12 bits per heavy atom. The van der Waals surface area contributed by atoms with Crippen molar-refractivity contribution in [3.63, 3.8) is 0 Å². The molecule has 0 spiro atoms. The first-order chi connectivity index (χ1) is 15.7. The van der Waals surface area contributed by atoms with Crippen LogP contribution in [-0.4, -0.2) is 11.9 Å². The molecule has 3 aromatic rings. The minimum atomic E-state index is -4.66. The van der Waals surface area contributed by atoms with E-state index in [-0.39, 0.29) is 17.3 Å². The fourth-order valence-electron chi connectivity index (χ4n) is 2.96. The maximum Gasteiger partial charge on any atom is 0.418 e. The predicted molar refractivity (Wildman–Crippen MR) is 120 cm³/mol. The van der Waals surface area contributed by atoms with Gasteiger partial charge >= 0.3 is 6.18 Å². The average molecular weight is 474 g/mol. The summed E-state index contributed by atoms with van der Waals surface area (Å²) in [5.41, 5.74) is 0.599. The summed E-state index contributed by atoms with van der Waals surface area (Å²) in [5, 5.41) is 14.1. The van der Waals surface area contributed by atoms with E-state index in [9.17, 15) is 18.0 Å². The highest BCUT2D eigenvalue weighted by molar-refractivity contribution is 6.30. The third kappa shape index (κ3) is 6.64. The zero-order valence-electron chi connectivity index (χ0n) is 17.4. The lowest BCUT2D eigenvalue weighted by atomic mass is 10.1. The van der Waals surface area contributed by atoms with E-state index in [0.717, 1.165) is 17.7 Å². The quantitative estimate of drug-likeness (QED) is 0.425. The molecular weight excluding hydrogens is 455 g/mol. The molecule has 2 N–H and O–H groups in total. The standard InChI is InChI=1S/C24H19ClF3N3O2/c1-15(23(32)31-22-10-5-18(25)12-21(22)24(26,27)28)30-19-6-8-20(9-7-19)33-14-17-4-2-3-16(11-17)13-29/h2-12,15,30H,14H2,1H3,(H,31,32). The molecule has 1 atom stereocenters. The fraction of sp³-hybridized carbons (Fsp3) is 0.167. The Morgan fingerprint density at radius 2 is 1.85 bits per heavy atom. The summed E-state index contributed by atoms with van der Waals surface area (Å²) in [6.07, 6.45) is -4.66. The molecule has 0 saturated carbocycles. The van der Waals surface area contributed by atoms with Gasteiger partial charge in [0.15, 0.2) is 0 Å². The number of rotatable bonds is 7. The highest BCUT2D eigenvalue weighted by atomic mass is 35.5. The SMILES string of the molecule is CC(Nc1ccc(OCc2cccc(C#N)c2)cc1)C(=O)Nc1ccc(Cl)cc1C(F)(F)F. The number of nitrogens with one attached hydrogen (secondary N) is 2. The molecule has 0 aliphatic heterocycles.